The van der Waals surface area contributed by atoms with Crippen LogP contribution in [0, 0.1) is 12.3 Å². The Balaban J connectivity index is 1.73. The van der Waals surface area contributed by atoms with Crippen molar-refractivity contribution in [1.29, 1.82) is 5.41 Å². The number of allylic oxidation sites excluding steroid dienone is 1. The van der Waals surface area contributed by atoms with Gasteiger partial charge in [-0.25, -0.2) is 0 Å². The highest BCUT2D eigenvalue weighted by Gasteiger charge is 2.17. The van der Waals surface area contributed by atoms with E-state index >= 15 is 0 Å². The molecule has 0 atom stereocenters. The van der Waals surface area contributed by atoms with Crippen molar-refractivity contribution in [2.75, 3.05) is 10.6 Å². The van der Waals surface area contributed by atoms with E-state index in [-0.39, 0.29) is 0 Å². The molecule has 1 aliphatic rings. The standard InChI is InChI=1S/C21H27N5/c1-3-5-18-11-19(8-9-23-18)24-13-16(12-22)21-15(2)10-20(14-25-21)26-17-6-4-7-17/h8-14,17,22,26H,3-7H2,1-2H3,(H,23,24)/b16-13+,22-12?. The second-order valence-corrected chi connectivity index (χ2v) is 6.84. The Labute approximate surface area is 155 Å². The van der Waals surface area contributed by atoms with Crippen molar-refractivity contribution in [1.82, 2.24) is 9.97 Å². The van der Waals surface area contributed by atoms with E-state index in [9.17, 15) is 0 Å². The molecule has 2 aromatic heterocycles. The van der Waals surface area contributed by atoms with Gasteiger partial charge in [-0.3, -0.25) is 9.97 Å². The zero-order valence-corrected chi connectivity index (χ0v) is 15.5. The normalized spacial score (nSPS) is 14.6. The van der Waals surface area contributed by atoms with Gasteiger partial charge < -0.3 is 16.0 Å². The molecule has 0 amide bonds. The van der Waals surface area contributed by atoms with Gasteiger partial charge in [-0.15, -0.1) is 0 Å². The molecule has 0 aromatic carbocycles. The molecule has 0 bridgehead atoms. The minimum atomic E-state index is 0.588. The lowest BCUT2D eigenvalue weighted by atomic mass is 9.93. The SMILES string of the molecule is CCCc1cc(N/C=C(\C=N)c2ncc(NC3CCC3)cc2C)ccn1. The van der Waals surface area contributed by atoms with Crippen molar-refractivity contribution >= 4 is 23.2 Å². The monoisotopic (exact) mass is 349 g/mol. The Morgan fingerprint density at radius 2 is 2.12 bits per heavy atom. The van der Waals surface area contributed by atoms with Gasteiger partial charge >= 0.3 is 0 Å². The van der Waals surface area contributed by atoms with Gasteiger partial charge in [0, 0.05) is 41.6 Å². The smallest absolute Gasteiger partial charge is 0.0762 e. The number of hydrogen-bond donors (Lipinski definition) is 3. The van der Waals surface area contributed by atoms with Crippen LogP contribution in [0.3, 0.4) is 0 Å². The molecule has 0 radical (unpaired) electrons. The number of aryl methyl sites for hydroxylation is 2. The molecule has 0 saturated heterocycles. The summed E-state index contributed by atoms with van der Waals surface area (Å²) < 4.78 is 0. The summed E-state index contributed by atoms with van der Waals surface area (Å²) in [6.45, 7) is 4.18. The zero-order chi connectivity index (χ0) is 18.4. The third-order valence-electron chi connectivity index (χ3n) is 4.70. The summed E-state index contributed by atoms with van der Waals surface area (Å²) in [5.74, 6) is 0. The van der Waals surface area contributed by atoms with Crippen LogP contribution in [0.15, 0.2) is 36.8 Å². The molecule has 0 aliphatic heterocycles. The summed E-state index contributed by atoms with van der Waals surface area (Å²) >= 11 is 0. The maximum absolute atomic E-state index is 7.77. The summed E-state index contributed by atoms with van der Waals surface area (Å²) in [7, 11) is 0. The number of nitrogens with zero attached hydrogens (tertiary/aromatic N) is 2. The van der Waals surface area contributed by atoms with Gasteiger partial charge in [0.15, 0.2) is 0 Å². The van der Waals surface area contributed by atoms with Crippen LogP contribution in [-0.4, -0.2) is 22.2 Å². The van der Waals surface area contributed by atoms with E-state index in [1.165, 1.54) is 25.5 Å². The highest BCUT2D eigenvalue weighted by Crippen LogP contribution is 2.25. The Hall–Kier alpha value is -2.69. The molecular formula is C21H27N5. The second-order valence-electron chi connectivity index (χ2n) is 6.84. The minimum absolute atomic E-state index is 0.588. The maximum Gasteiger partial charge on any atom is 0.0762 e. The molecule has 26 heavy (non-hydrogen) atoms. The largest absolute Gasteiger partial charge is 0.381 e. The van der Waals surface area contributed by atoms with Crippen molar-refractivity contribution in [2.24, 2.45) is 0 Å². The Bertz CT molecular complexity index is 793. The highest BCUT2D eigenvalue weighted by molar-refractivity contribution is 6.08. The highest BCUT2D eigenvalue weighted by atomic mass is 14.9. The van der Waals surface area contributed by atoms with Crippen LogP contribution >= 0.6 is 0 Å². The number of anilines is 2. The number of rotatable bonds is 8. The zero-order valence-electron chi connectivity index (χ0n) is 15.5. The molecule has 0 spiro atoms. The Morgan fingerprint density at radius 3 is 2.77 bits per heavy atom. The van der Waals surface area contributed by atoms with E-state index < -0.39 is 0 Å². The fourth-order valence-electron chi connectivity index (χ4n) is 3.04. The summed E-state index contributed by atoms with van der Waals surface area (Å²) in [5.41, 5.74) is 5.76. The van der Waals surface area contributed by atoms with Gasteiger partial charge in [-0.05, 0) is 56.4 Å². The fourth-order valence-corrected chi connectivity index (χ4v) is 3.04. The first-order chi connectivity index (χ1) is 12.7. The molecule has 2 aromatic rings. The fraction of sp³-hybridized carbons (Fsp3) is 0.381. The van der Waals surface area contributed by atoms with E-state index in [1.807, 2.05) is 37.7 Å². The molecule has 1 saturated carbocycles. The quantitative estimate of drug-likeness (QED) is 0.598. The van der Waals surface area contributed by atoms with Crippen LogP contribution in [0.2, 0.25) is 0 Å². The molecule has 1 aliphatic carbocycles. The van der Waals surface area contributed by atoms with Gasteiger partial charge in [0.2, 0.25) is 0 Å². The van der Waals surface area contributed by atoms with Crippen molar-refractivity contribution in [3.05, 3.63) is 53.7 Å². The van der Waals surface area contributed by atoms with Gasteiger partial charge in [0.05, 0.1) is 17.6 Å². The van der Waals surface area contributed by atoms with Crippen LogP contribution in [0.4, 0.5) is 11.4 Å². The first kappa shape index (κ1) is 18.1. The van der Waals surface area contributed by atoms with Gasteiger partial charge in [-0.1, -0.05) is 13.3 Å². The summed E-state index contributed by atoms with van der Waals surface area (Å²) in [5, 5.41) is 14.6. The maximum atomic E-state index is 7.77. The van der Waals surface area contributed by atoms with E-state index in [4.69, 9.17) is 5.41 Å². The first-order valence-electron chi connectivity index (χ1n) is 9.35. The van der Waals surface area contributed by atoms with E-state index in [0.717, 1.165) is 46.7 Å². The molecule has 136 valence electrons. The number of nitrogens with one attached hydrogen (secondary N) is 3. The minimum Gasteiger partial charge on any atom is -0.381 e. The molecule has 3 rings (SSSR count). The molecule has 1 fully saturated rings. The molecule has 0 unspecified atom stereocenters. The number of aromatic nitrogens is 2. The molecule has 3 N–H and O–H groups in total. The van der Waals surface area contributed by atoms with Crippen LogP contribution in [0.25, 0.3) is 5.57 Å². The van der Waals surface area contributed by atoms with E-state index in [0.29, 0.717) is 6.04 Å². The summed E-state index contributed by atoms with van der Waals surface area (Å²) in [6, 6.07) is 6.69. The Kier molecular flexibility index (Phi) is 6.00. The lowest BCUT2D eigenvalue weighted by Gasteiger charge is -2.27. The van der Waals surface area contributed by atoms with E-state index in [2.05, 4.69) is 33.6 Å². The molecular weight excluding hydrogens is 322 g/mol. The predicted octanol–water partition coefficient (Wildman–Crippen LogP) is 4.80. The lowest BCUT2D eigenvalue weighted by Crippen LogP contribution is -2.27. The summed E-state index contributed by atoms with van der Waals surface area (Å²) in [6.07, 6.45) is 12.7. The third-order valence-corrected chi connectivity index (χ3v) is 4.70. The number of hydrogen-bond acceptors (Lipinski definition) is 5. The topological polar surface area (TPSA) is 73.7 Å². The summed E-state index contributed by atoms with van der Waals surface area (Å²) in [4.78, 5) is 8.95. The van der Waals surface area contributed by atoms with Crippen molar-refractivity contribution < 1.29 is 0 Å². The van der Waals surface area contributed by atoms with Gasteiger partial charge in [0.25, 0.3) is 0 Å². The molecule has 5 nitrogen and oxygen atoms in total. The lowest BCUT2D eigenvalue weighted by molar-refractivity contribution is 0.445. The average Bonchev–Trinajstić information content (AvgIpc) is 2.61. The van der Waals surface area contributed by atoms with Crippen molar-refractivity contribution in [2.45, 2.75) is 52.0 Å². The predicted molar refractivity (Wildman–Crippen MR) is 109 cm³/mol. The average molecular weight is 349 g/mol. The van der Waals surface area contributed by atoms with Gasteiger partial charge in [-0.2, -0.15) is 0 Å². The number of pyridine rings is 2. The van der Waals surface area contributed by atoms with Crippen LogP contribution in [0.5, 0.6) is 0 Å². The van der Waals surface area contributed by atoms with Crippen molar-refractivity contribution in [3.8, 4) is 0 Å². The molecule has 5 heteroatoms. The first-order valence-corrected chi connectivity index (χ1v) is 9.35. The second kappa shape index (κ2) is 8.61. The van der Waals surface area contributed by atoms with E-state index in [1.54, 1.807) is 0 Å². The van der Waals surface area contributed by atoms with Crippen molar-refractivity contribution in [3.63, 3.8) is 0 Å². The van der Waals surface area contributed by atoms with Crippen LogP contribution in [-0.2, 0) is 6.42 Å². The molecule has 2 heterocycles. The third kappa shape index (κ3) is 4.48. The van der Waals surface area contributed by atoms with Crippen LogP contribution in [0.1, 0.15) is 49.6 Å². The Morgan fingerprint density at radius 1 is 1.27 bits per heavy atom. The van der Waals surface area contributed by atoms with Crippen LogP contribution < -0.4 is 10.6 Å². The van der Waals surface area contributed by atoms with Gasteiger partial charge in [0.1, 0.15) is 0 Å².